The van der Waals surface area contributed by atoms with Crippen LogP contribution in [0.2, 0.25) is 5.02 Å². The Morgan fingerprint density at radius 1 is 1.00 bits per heavy atom. The maximum atomic E-state index is 13.5. The molecule has 1 N–H and O–H groups in total. The van der Waals surface area contributed by atoms with E-state index in [1.807, 2.05) is 32.9 Å². The summed E-state index contributed by atoms with van der Waals surface area (Å²) >= 11 is 5.98. The van der Waals surface area contributed by atoms with Crippen LogP contribution < -0.4 is 9.62 Å². The number of rotatable bonds is 11. The van der Waals surface area contributed by atoms with E-state index in [0.29, 0.717) is 23.2 Å². The first-order chi connectivity index (χ1) is 15.9. The fourth-order valence-electron chi connectivity index (χ4n) is 3.40. The number of anilines is 1. The zero-order chi connectivity index (χ0) is 25.5. The third kappa shape index (κ3) is 7.74. The fraction of sp³-hybridized carbons (Fsp3) is 0.440. The molecule has 0 saturated heterocycles. The van der Waals surface area contributed by atoms with Gasteiger partial charge in [0.25, 0.3) is 0 Å². The second-order valence-electron chi connectivity index (χ2n) is 8.63. The molecule has 0 aliphatic carbocycles. The zero-order valence-electron chi connectivity index (χ0n) is 20.4. The van der Waals surface area contributed by atoms with Gasteiger partial charge in [-0.15, -0.1) is 0 Å². The summed E-state index contributed by atoms with van der Waals surface area (Å²) in [5.41, 5.74) is 2.24. The zero-order valence-corrected chi connectivity index (χ0v) is 22.0. The van der Waals surface area contributed by atoms with E-state index >= 15 is 0 Å². The predicted molar refractivity (Wildman–Crippen MR) is 137 cm³/mol. The molecule has 0 aromatic heterocycles. The van der Waals surface area contributed by atoms with Crippen LogP contribution in [0.25, 0.3) is 0 Å². The quantitative estimate of drug-likeness (QED) is 0.494. The fourth-order valence-corrected chi connectivity index (χ4v) is 4.38. The largest absolute Gasteiger partial charge is 0.354 e. The normalized spacial score (nSPS) is 12.3. The summed E-state index contributed by atoms with van der Waals surface area (Å²) in [5, 5.41) is 3.37. The van der Waals surface area contributed by atoms with Crippen molar-refractivity contribution in [1.82, 2.24) is 10.2 Å². The summed E-state index contributed by atoms with van der Waals surface area (Å²) in [6.07, 6.45) is 1.83. The maximum Gasteiger partial charge on any atom is 0.244 e. The number of carbonyl (C=O) groups excluding carboxylic acids is 2. The maximum absolute atomic E-state index is 13.5. The Hall–Kier alpha value is -2.58. The van der Waals surface area contributed by atoms with Crippen LogP contribution in [-0.4, -0.2) is 50.5 Å². The number of halogens is 1. The summed E-state index contributed by atoms with van der Waals surface area (Å²) in [4.78, 5) is 27.5. The highest BCUT2D eigenvalue weighted by Gasteiger charge is 2.30. The molecule has 0 bridgehead atoms. The molecule has 0 aliphatic heterocycles. The Balaban J connectivity index is 2.35. The predicted octanol–water partition coefficient (Wildman–Crippen LogP) is 4.17. The molecule has 1 atom stereocenters. The van der Waals surface area contributed by atoms with Gasteiger partial charge in [-0.05, 0) is 54.7 Å². The van der Waals surface area contributed by atoms with E-state index in [1.54, 1.807) is 43.3 Å². The second kappa shape index (κ2) is 12.2. The van der Waals surface area contributed by atoms with Gasteiger partial charge in [0.05, 0.1) is 11.9 Å². The van der Waals surface area contributed by atoms with Crippen LogP contribution >= 0.6 is 11.6 Å². The Morgan fingerprint density at radius 2 is 1.59 bits per heavy atom. The van der Waals surface area contributed by atoms with E-state index in [-0.39, 0.29) is 12.5 Å². The van der Waals surface area contributed by atoms with Crippen LogP contribution in [0.5, 0.6) is 0 Å². The van der Waals surface area contributed by atoms with Crippen molar-refractivity contribution in [2.75, 3.05) is 23.7 Å². The van der Waals surface area contributed by atoms with Gasteiger partial charge in [-0.3, -0.25) is 13.9 Å². The minimum atomic E-state index is -3.75. The minimum absolute atomic E-state index is 0.139. The molecule has 0 radical (unpaired) electrons. The lowest BCUT2D eigenvalue weighted by Gasteiger charge is -2.31. The lowest BCUT2D eigenvalue weighted by molar-refractivity contribution is -0.139. The third-order valence-electron chi connectivity index (χ3n) is 5.51. The van der Waals surface area contributed by atoms with Gasteiger partial charge in [0.1, 0.15) is 12.6 Å². The van der Waals surface area contributed by atoms with E-state index < -0.39 is 28.5 Å². The van der Waals surface area contributed by atoms with Crippen LogP contribution in [-0.2, 0) is 26.2 Å². The van der Waals surface area contributed by atoms with Crippen molar-refractivity contribution in [3.63, 3.8) is 0 Å². The van der Waals surface area contributed by atoms with Crippen molar-refractivity contribution < 1.29 is 18.0 Å². The van der Waals surface area contributed by atoms with Crippen molar-refractivity contribution >= 4 is 39.1 Å². The molecular weight excluding hydrogens is 474 g/mol. The average molecular weight is 508 g/mol. The monoisotopic (exact) mass is 507 g/mol. The number of sulfonamides is 1. The highest BCUT2D eigenvalue weighted by Crippen LogP contribution is 2.23. The Morgan fingerprint density at radius 3 is 2.09 bits per heavy atom. The molecule has 0 fully saturated rings. The van der Waals surface area contributed by atoms with E-state index in [0.717, 1.165) is 28.1 Å². The van der Waals surface area contributed by atoms with Gasteiger partial charge >= 0.3 is 0 Å². The minimum Gasteiger partial charge on any atom is -0.354 e. The highest BCUT2D eigenvalue weighted by atomic mass is 35.5. The highest BCUT2D eigenvalue weighted by molar-refractivity contribution is 7.92. The van der Waals surface area contributed by atoms with Gasteiger partial charge < -0.3 is 10.2 Å². The van der Waals surface area contributed by atoms with Crippen molar-refractivity contribution in [2.24, 2.45) is 0 Å². The van der Waals surface area contributed by atoms with Crippen LogP contribution in [0.1, 0.15) is 51.2 Å². The van der Waals surface area contributed by atoms with Gasteiger partial charge in [0.15, 0.2) is 0 Å². The number of benzene rings is 2. The van der Waals surface area contributed by atoms with Gasteiger partial charge in [0, 0.05) is 18.1 Å². The van der Waals surface area contributed by atoms with E-state index in [1.165, 1.54) is 4.90 Å². The lowest BCUT2D eigenvalue weighted by Crippen LogP contribution is -2.51. The average Bonchev–Trinajstić information content (AvgIpc) is 2.79. The number of nitrogens with zero attached hydrogens (tertiary/aromatic N) is 2. The second-order valence-corrected chi connectivity index (χ2v) is 11.0. The number of hydrogen-bond acceptors (Lipinski definition) is 4. The molecule has 2 amide bonds. The molecule has 2 rings (SSSR count). The molecule has 0 unspecified atom stereocenters. The molecule has 9 heteroatoms. The van der Waals surface area contributed by atoms with Crippen LogP contribution in [0, 0.1) is 0 Å². The van der Waals surface area contributed by atoms with Crippen LogP contribution in [0.3, 0.4) is 0 Å². The summed E-state index contributed by atoms with van der Waals surface area (Å²) in [7, 11) is -3.75. The summed E-state index contributed by atoms with van der Waals surface area (Å²) in [6, 6.07) is 13.3. The first kappa shape index (κ1) is 27.7. The van der Waals surface area contributed by atoms with Crippen LogP contribution in [0.15, 0.2) is 48.5 Å². The standard InChI is InChI=1S/C25H34ClN3O4S/c1-6-15-27-25(31)19(4)28(16-20-7-11-22(26)12-8-20)24(30)17-29(34(5,32)33)23-13-9-21(10-14-23)18(2)3/h7-14,18-19H,6,15-17H2,1-5H3,(H,27,31)/t19-/m0/s1. The number of amides is 2. The first-order valence-electron chi connectivity index (χ1n) is 11.3. The summed E-state index contributed by atoms with van der Waals surface area (Å²) in [6.45, 7) is 7.89. The van der Waals surface area contributed by atoms with Crippen molar-refractivity contribution in [3.8, 4) is 0 Å². The molecule has 0 heterocycles. The number of hydrogen-bond donors (Lipinski definition) is 1. The smallest absolute Gasteiger partial charge is 0.244 e. The topological polar surface area (TPSA) is 86.8 Å². The molecule has 186 valence electrons. The number of nitrogens with one attached hydrogen (secondary N) is 1. The molecule has 7 nitrogen and oxygen atoms in total. The van der Waals surface area contributed by atoms with Gasteiger partial charge in [-0.1, -0.05) is 56.6 Å². The molecule has 0 aliphatic rings. The molecule has 34 heavy (non-hydrogen) atoms. The van der Waals surface area contributed by atoms with E-state index in [4.69, 9.17) is 11.6 Å². The van der Waals surface area contributed by atoms with Crippen LogP contribution in [0.4, 0.5) is 5.69 Å². The number of carbonyl (C=O) groups is 2. The molecule has 2 aromatic carbocycles. The van der Waals surface area contributed by atoms with Crippen molar-refractivity contribution in [2.45, 2.75) is 52.6 Å². The molecule has 0 spiro atoms. The Kier molecular flexibility index (Phi) is 9.94. The molecule has 2 aromatic rings. The Bertz CT molecular complexity index is 1070. The van der Waals surface area contributed by atoms with E-state index in [9.17, 15) is 18.0 Å². The van der Waals surface area contributed by atoms with Gasteiger partial charge in [-0.2, -0.15) is 0 Å². The third-order valence-corrected chi connectivity index (χ3v) is 6.90. The van der Waals surface area contributed by atoms with Crippen molar-refractivity contribution in [3.05, 3.63) is 64.7 Å². The van der Waals surface area contributed by atoms with E-state index in [2.05, 4.69) is 5.32 Å². The molecular formula is C25H34ClN3O4S. The summed E-state index contributed by atoms with van der Waals surface area (Å²) < 4.78 is 26.3. The Labute approximate surface area is 208 Å². The SMILES string of the molecule is CCCNC(=O)[C@H](C)N(Cc1ccc(Cl)cc1)C(=O)CN(c1ccc(C(C)C)cc1)S(C)(=O)=O. The van der Waals surface area contributed by atoms with Crippen molar-refractivity contribution in [1.29, 1.82) is 0 Å². The first-order valence-corrected chi connectivity index (χ1v) is 13.6. The van der Waals surface area contributed by atoms with Gasteiger partial charge in [-0.25, -0.2) is 8.42 Å². The molecule has 0 saturated carbocycles. The lowest BCUT2D eigenvalue weighted by atomic mass is 10.0. The van der Waals surface area contributed by atoms with Gasteiger partial charge in [0.2, 0.25) is 21.8 Å². The summed E-state index contributed by atoms with van der Waals surface area (Å²) in [5.74, 6) is -0.483.